The van der Waals surface area contributed by atoms with Crippen LogP contribution >= 0.6 is 0 Å². The van der Waals surface area contributed by atoms with Gasteiger partial charge in [0.15, 0.2) is 0 Å². The van der Waals surface area contributed by atoms with Gasteiger partial charge in [0.2, 0.25) is 0 Å². The Morgan fingerprint density at radius 2 is 2.00 bits per heavy atom. The highest BCUT2D eigenvalue weighted by Crippen LogP contribution is 2.50. The van der Waals surface area contributed by atoms with Crippen molar-refractivity contribution in [2.75, 3.05) is 6.54 Å². The number of hydrogen-bond acceptors (Lipinski definition) is 2. The van der Waals surface area contributed by atoms with E-state index in [9.17, 15) is 4.79 Å². The van der Waals surface area contributed by atoms with Gasteiger partial charge < -0.3 is 10.8 Å². The molecule has 1 saturated carbocycles. The first-order valence-electron chi connectivity index (χ1n) is 5.16. The van der Waals surface area contributed by atoms with Gasteiger partial charge in [-0.3, -0.25) is 4.79 Å². The second-order valence-corrected chi connectivity index (χ2v) is 4.31. The molecule has 0 spiro atoms. The van der Waals surface area contributed by atoms with E-state index < -0.39 is 11.4 Å². The SMILES string of the molecule is NCC1(C(=O)O)CC(c2ccccc2)C1. The zero-order valence-electron chi connectivity index (χ0n) is 8.52. The molecule has 2 rings (SSSR count). The summed E-state index contributed by atoms with van der Waals surface area (Å²) in [5.74, 6) is -0.386. The Morgan fingerprint density at radius 3 is 2.47 bits per heavy atom. The summed E-state index contributed by atoms with van der Waals surface area (Å²) >= 11 is 0. The van der Waals surface area contributed by atoms with Crippen molar-refractivity contribution in [3.63, 3.8) is 0 Å². The minimum atomic E-state index is -0.753. The van der Waals surface area contributed by atoms with Crippen molar-refractivity contribution in [3.05, 3.63) is 35.9 Å². The predicted octanol–water partition coefficient (Wildman–Crippen LogP) is 1.59. The molecule has 1 aliphatic carbocycles. The molecule has 3 heteroatoms. The molecule has 80 valence electrons. The molecule has 1 aromatic carbocycles. The summed E-state index contributed by atoms with van der Waals surface area (Å²) in [7, 11) is 0. The molecule has 0 atom stereocenters. The fourth-order valence-corrected chi connectivity index (χ4v) is 2.27. The van der Waals surface area contributed by atoms with Gasteiger partial charge in [0.05, 0.1) is 5.41 Å². The Balaban J connectivity index is 2.07. The van der Waals surface area contributed by atoms with Crippen LogP contribution in [0, 0.1) is 5.41 Å². The van der Waals surface area contributed by atoms with Crippen molar-refractivity contribution in [1.29, 1.82) is 0 Å². The van der Waals surface area contributed by atoms with Crippen molar-refractivity contribution in [3.8, 4) is 0 Å². The lowest BCUT2D eigenvalue weighted by atomic mass is 9.60. The highest BCUT2D eigenvalue weighted by atomic mass is 16.4. The third-order valence-electron chi connectivity index (χ3n) is 3.39. The van der Waals surface area contributed by atoms with Gasteiger partial charge in [-0.25, -0.2) is 0 Å². The first-order chi connectivity index (χ1) is 7.18. The summed E-state index contributed by atoms with van der Waals surface area (Å²) in [5, 5.41) is 9.07. The minimum absolute atomic E-state index is 0.242. The second kappa shape index (κ2) is 3.66. The maximum atomic E-state index is 11.0. The number of carbonyl (C=O) groups is 1. The molecule has 0 saturated heterocycles. The molecule has 0 bridgehead atoms. The van der Waals surface area contributed by atoms with Crippen LogP contribution in [0.2, 0.25) is 0 Å². The van der Waals surface area contributed by atoms with E-state index in [-0.39, 0.29) is 6.54 Å². The van der Waals surface area contributed by atoms with Crippen molar-refractivity contribution < 1.29 is 9.90 Å². The van der Waals surface area contributed by atoms with Crippen LogP contribution in [-0.4, -0.2) is 17.6 Å². The first-order valence-corrected chi connectivity index (χ1v) is 5.16. The summed E-state index contributed by atoms with van der Waals surface area (Å²) < 4.78 is 0. The molecule has 0 aliphatic heterocycles. The first kappa shape index (κ1) is 10.2. The lowest BCUT2D eigenvalue weighted by molar-refractivity contribution is -0.154. The smallest absolute Gasteiger partial charge is 0.310 e. The number of rotatable bonds is 3. The maximum Gasteiger partial charge on any atom is 0.310 e. The van der Waals surface area contributed by atoms with Gasteiger partial charge in [-0.15, -0.1) is 0 Å². The number of benzene rings is 1. The van der Waals surface area contributed by atoms with Crippen LogP contribution in [0.3, 0.4) is 0 Å². The van der Waals surface area contributed by atoms with Crippen LogP contribution in [0.15, 0.2) is 30.3 Å². The Hall–Kier alpha value is -1.35. The molecule has 1 fully saturated rings. The highest BCUT2D eigenvalue weighted by Gasteiger charge is 2.49. The maximum absolute atomic E-state index is 11.0. The van der Waals surface area contributed by atoms with E-state index >= 15 is 0 Å². The van der Waals surface area contributed by atoms with Crippen LogP contribution < -0.4 is 5.73 Å². The molecule has 0 heterocycles. The molecule has 1 aliphatic rings. The fraction of sp³-hybridized carbons (Fsp3) is 0.417. The lowest BCUT2D eigenvalue weighted by Gasteiger charge is -2.43. The summed E-state index contributed by atoms with van der Waals surface area (Å²) in [6.45, 7) is 0.242. The Bertz CT molecular complexity index is 355. The number of hydrogen-bond donors (Lipinski definition) is 2. The topological polar surface area (TPSA) is 63.3 Å². The zero-order chi connectivity index (χ0) is 10.9. The van der Waals surface area contributed by atoms with Crippen molar-refractivity contribution >= 4 is 5.97 Å². The van der Waals surface area contributed by atoms with E-state index in [4.69, 9.17) is 10.8 Å². The molecule has 15 heavy (non-hydrogen) atoms. The normalized spacial score (nSPS) is 29.5. The van der Waals surface area contributed by atoms with Crippen LogP contribution in [0.4, 0.5) is 0 Å². The third kappa shape index (κ3) is 1.63. The van der Waals surface area contributed by atoms with E-state index in [1.807, 2.05) is 30.3 Å². The van der Waals surface area contributed by atoms with Crippen LogP contribution in [-0.2, 0) is 4.79 Å². The summed E-state index contributed by atoms with van der Waals surface area (Å²) in [6, 6.07) is 10.0. The Morgan fingerprint density at radius 1 is 1.40 bits per heavy atom. The van der Waals surface area contributed by atoms with Gasteiger partial charge in [-0.1, -0.05) is 30.3 Å². The summed E-state index contributed by atoms with van der Waals surface area (Å²) in [6.07, 6.45) is 1.34. The Kier molecular flexibility index (Phi) is 2.49. The van der Waals surface area contributed by atoms with E-state index in [0.717, 1.165) is 0 Å². The number of nitrogens with two attached hydrogens (primary N) is 1. The largest absolute Gasteiger partial charge is 0.481 e. The molecule has 0 aromatic heterocycles. The van der Waals surface area contributed by atoms with Gasteiger partial charge in [-0.05, 0) is 24.3 Å². The fourth-order valence-electron chi connectivity index (χ4n) is 2.27. The summed E-state index contributed by atoms with van der Waals surface area (Å²) in [5.41, 5.74) is 6.09. The van der Waals surface area contributed by atoms with E-state index in [1.54, 1.807) is 0 Å². The summed E-state index contributed by atoms with van der Waals surface area (Å²) in [4.78, 5) is 11.0. The number of carboxylic acid groups (broad SMARTS) is 1. The van der Waals surface area contributed by atoms with Gasteiger partial charge in [-0.2, -0.15) is 0 Å². The van der Waals surface area contributed by atoms with Crippen molar-refractivity contribution in [1.82, 2.24) is 0 Å². The van der Waals surface area contributed by atoms with Crippen molar-refractivity contribution in [2.24, 2.45) is 11.1 Å². The molecular formula is C12H15NO2. The average Bonchev–Trinajstić information content (AvgIpc) is 2.18. The van der Waals surface area contributed by atoms with E-state index in [2.05, 4.69) is 0 Å². The second-order valence-electron chi connectivity index (χ2n) is 4.31. The number of carboxylic acids is 1. The molecule has 3 nitrogen and oxygen atoms in total. The minimum Gasteiger partial charge on any atom is -0.481 e. The van der Waals surface area contributed by atoms with Crippen LogP contribution in [0.5, 0.6) is 0 Å². The molecule has 0 amide bonds. The highest BCUT2D eigenvalue weighted by molar-refractivity contribution is 5.76. The van der Waals surface area contributed by atoms with Crippen molar-refractivity contribution in [2.45, 2.75) is 18.8 Å². The average molecular weight is 205 g/mol. The van der Waals surface area contributed by atoms with Gasteiger partial charge in [0.25, 0.3) is 0 Å². The zero-order valence-corrected chi connectivity index (χ0v) is 8.52. The molecule has 3 N–H and O–H groups in total. The van der Waals surface area contributed by atoms with E-state index in [1.165, 1.54) is 5.56 Å². The molecule has 1 aromatic rings. The Labute approximate surface area is 88.9 Å². The van der Waals surface area contributed by atoms with Gasteiger partial charge in [0.1, 0.15) is 0 Å². The molecular weight excluding hydrogens is 190 g/mol. The van der Waals surface area contributed by atoms with E-state index in [0.29, 0.717) is 18.8 Å². The third-order valence-corrected chi connectivity index (χ3v) is 3.39. The van der Waals surface area contributed by atoms with Gasteiger partial charge in [0, 0.05) is 6.54 Å². The predicted molar refractivity (Wildman–Crippen MR) is 57.5 cm³/mol. The monoisotopic (exact) mass is 205 g/mol. The standard InChI is InChI=1S/C12H15NO2/c13-8-12(11(14)15)6-10(7-12)9-4-2-1-3-5-9/h1-5,10H,6-8,13H2,(H,14,15). The van der Waals surface area contributed by atoms with Crippen LogP contribution in [0.25, 0.3) is 0 Å². The molecule has 0 unspecified atom stereocenters. The lowest BCUT2D eigenvalue weighted by Crippen LogP contribution is -2.48. The molecule has 0 radical (unpaired) electrons. The van der Waals surface area contributed by atoms with Crippen LogP contribution in [0.1, 0.15) is 24.3 Å². The van der Waals surface area contributed by atoms with Gasteiger partial charge >= 0.3 is 5.97 Å². The number of aliphatic carboxylic acids is 1. The quantitative estimate of drug-likeness (QED) is 0.787.